The minimum atomic E-state index is -4.30. The molecular weight excluding hydrogens is 641 g/mol. The van der Waals surface area contributed by atoms with Crippen molar-refractivity contribution in [2.24, 2.45) is 0 Å². The highest BCUT2D eigenvalue weighted by molar-refractivity contribution is 7.92. The highest BCUT2D eigenvalue weighted by atomic mass is 35.5. The molecule has 0 fully saturated rings. The summed E-state index contributed by atoms with van der Waals surface area (Å²) in [5, 5.41) is 3.14. The Morgan fingerprint density at radius 3 is 2.20 bits per heavy atom. The summed E-state index contributed by atoms with van der Waals surface area (Å²) < 4.78 is 29.4. The first-order valence-electron chi connectivity index (χ1n) is 15.2. The number of rotatable bonds is 14. The molecule has 0 saturated heterocycles. The van der Waals surface area contributed by atoms with Gasteiger partial charge in [0.1, 0.15) is 12.6 Å². The Morgan fingerprint density at radius 2 is 1.52 bits per heavy atom. The van der Waals surface area contributed by atoms with Gasteiger partial charge in [0.15, 0.2) is 0 Å². The molecule has 1 unspecified atom stereocenters. The fourth-order valence-electron chi connectivity index (χ4n) is 5.07. The maximum atomic E-state index is 14.6. The average Bonchev–Trinajstić information content (AvgIpc) is 3.04. The number of sulfonamides is 1. The molecule has 0 radical (unpaired) electrons. The highest BCUT2D eigenvalue weighted by Gasteiger charge is 2.35. The van der Waals surface area contributed by atoms with Gasteiger partial charge in [-0.05, 0) is 61.2 Å². The smallest absolute Gasteiger partial charge is 0.264 e. The third-order valence-electron chi connectivity index (χ3n) is 7.79. The fraction of sp³-hybridized carbons (Fsp3) is 0.278. The number of unbranched alkanes of at least 4 members (excludes halogenated alkanes) is 1. The normalized spacial score (nSPS) is 11.9. The van der Waals surface area contributed by atoms with E-state index in [1.165, 1.54) is 23.1 Å². The summed E-state index contributed by atoms with van der Waals surface area (Å²) in [6.07, 6.45) is 1.91. The Labute approximate surface area is 282 Å². The Balaban J connectivity index is 1.83. The van der Waals surface area contributed by atoms with Crippen LogP contribution in [-0.4, -0.2) is 44.3 Å². The van der Waals surface area contributed by atoms with Crippen LogP contribution in [-0.2, 0) is 32.6 Å². The van der Waals surface area contributed by atoms with Gasteiger partial charge in [-0.1, -0.05) is 115 Å². The highest BCUT2D eigenvalue weighted by Crippen LogP contribution is 2.35. The predicted molar refractivity (Wildman–Crippen MR) is 186 cm³/mol. The van der Waals surface area contributed by atoms with E-state index >= 15 is 0 Å². The molecule has 0 aliphatic rings. The number of aryl methyl sites for hydroxylation is 2. The maximum Gasteiger partial charge on any atom is 0.264 e. The van der Waals surface area contributed by atoms with Crippen molar-refractivity contribution in [2.45, 2.75) is 57.5 Å². The van der Waals surface area contributed by atoms with Gasteiger partial charge < -0.3 is 10.2 Å². The second-order valence-corrected chi connectivity index (χ2v) is 13.8. The largest absolute Gasteiger partial charge is 0.354 e. The SMILES string of the molecule is CCCCNC(=O)C(Cc1ccccc1)N(Cc1ccccc1C)C(=O)CN(c1cccc(Cl)c1Cl)S(=O)(=O)c1ccc(C)cc1. The van der Waals surface area contributed by atoms with Crippen LogP contribution >= 0.6 is 23.2 Å². The first kappa shape index (κ1) is 35.0. The number of carbonyl (C=O) groups excluding carboxylic acids is 2. The quantitative estimate of drug-likeness (QED) is 0.141. The monoisotopic (exact) mass is 679 g/mol. The number of benzene rings is 4. The Morgan fingerprint density at radius 1 is 0.848 bits per heavy atom. The standard InChI is InChI=1S/C36H39Cl2N3O4S/c1-4-5-22-39-36(43)33(23-28-13-7-6-8-14-28)40(24-29-15-10-9-12-27(29)3)34(42)25-41(32-17-11-16-31(37)35(32)38)46(44,45)30-20-18-26(2)19-21-30/h6-21,33H,4-5,22-25H2,1-3H3,(H,39,43). The Kier molecular flexibility index (Phi) is 12.3. The van der Waals surface area contributed by atoms with E-state index in [0.29, 0.717) is 6.54 Å². The molecule has 1 atom stereocenters. The molecule has 46 heavy (non-hydrogen) atoms. The van der Waals surface area contributed by atoms with E-state index < -0.39 is 28.5 Å². The van der Waals surface area contributed by atoms with Gasteiger partial charge in [0, 0.05) is 19.5 Å². The van der Waals surface area contributed by atoms with Gasteiger partial charge in [-0.15, -0.1) is 0 Å². The van der Waals surface area contributed by atoms with Gasteiger partial charge in [0.25, 0.3) is 10.0 Å². The maximum absolute atomic E-state index is 14.6. The van der Waals surface area contributed by atoms with E-state index in [1.807, 2.05) is 75.4 Å². The molecule has 10 heteroatoms. The topological polar surface area (TPSA) is 86.8 Å². The molecule has 4 rings (SSSR count). The van der Waals surface area contributed by atoms with Crippen molar-refractivity contribution in [2.75, 3.05) is 17.4 Å². The van der Waals surface area contributed by atoms with Gasteiger partial charge in [0.05, 0.1) is 20.6 Å². The number of hydrogen-bond donors (Lipinski definition) is 1. The van der Waals surface area contributed by atoms with E-state index in [2.05, 4.69) is 5.32 Å². The number of nitrogens with zero attached hydrogens (tertiary/aromatic N) is 2. The zero-order valence-electron chi connectivity index (χ0n) is 26.2. The molecule has 0 spiro atoms. The second kappa shape index (κ2) is 16.1. The molecule has 0 saturated carbocycles. The average molecular weight is 681 g/mol. The van der Waals surface area contributed by atoms with Crippen LogP contribution in [0, 0.1) is 13.8 Å². The molecule has 7 nitrogen and oxygen atoms in total. The van der Waals surface area contributed by atoms with Crippen molar-refractivity contribution in [1.82, 2.24) is 10.2 Å². The van der Waals surface area contributed by atoms with E-state index in [-0.39, 0.29) is 39.5 Å². The lowest BCUT2D eigenvalue weighted by atomic mass is 10.0. The zero-order chi connectivity index (χ0) is 33.3. The van der Waals surface area contributed by atoms with Crippen molar-refractivity contribution < 1.29 is 18.0 Å². The number of anilines is 1. The second-order valence-electron chi connectivity index (χ2n) is 11.2. The Bertz CT molecular complexity index is 1750. The number of nitrogens with one attached hydrogen (secondary N) is 1. The predicted octanol–water partition coefficient (Wildman–Crippen LogP) is 7.36. The fourth-order valence-corrected chi connectivity index (χ4v) is 6.94. The van der Waals surface area contributed by atoms with Gasteiger partial charge in [-0.25, -0.2) is 8.42 Å². The summed E-state index contributed by atoms with van der Waals surface area (Å²) in [7, 11) is -4.30. The number of carbonyl (C=O) groups is 2. The van der Waals surface area contributed by atoms with Crippen molar-refractivity contribution in [3.63, 3.8) is 0 Å². The van der Waals surface area contributed by atoms with Crippen molar-refractivity contribution in [3.05, 3.63) is 129 Å². The summed E-state index contributed by atoms with van der Waals surface area (Å²) in [6, 6.07) is 27.1. The van der Waals surface area contributed by atoms with Crippen molar-refractivity contribution >= 4 is 50.7 Å². The molecule has 2 amide bonds. The first-order valence-corrected chi connectivity index (χ1v) is 17.4. The van der Waals surface area contributed by atoms with Gasteiger partial charge in [-0.2, -0.15) is 0 Å². The Hall–Kier alpha value is -3.85. The minimum absolute atomic E-state index is 0.00347. The summed E-state index contributed by atoms with van der Waals surface area (Å²) in [4.78, 5) is 29.9. The summed E-state index contributed by atoms with van der Waals surface area (Å²) in [6.45, 7) is 5.76. The first-order chi connectivity index (χ1) is 22.0. The van der Waals surface area contributed by atoms with Gasteiger partial charge >= 0.3 is 0 Å². The van der Waals surface area contributed by atoms with Crippen LogP contribution in [0.3, 0.4) is 0 Å². The molecule has 242 valence electrons. The number of hydrogen-bond acceptors (Lipinski definition) is 4. The molecule has 0 heterocycles. The van der Waals surface area contributed by atoms with E-state index in [9.17, 15) is 18.0 Å². The molecule has 0 bridgehead atoms. The van der Waals surface area contributed by atoms with Crippen LogP contribution in [0.15, 0.2) is 102 Å². The summed E-state index contributed by atoms with van der Waals surface area (Å²) in [5.74, 6) is -0.880. The van der Waals surface area contributed by atoms with Crippen LogP contribution in [0.1, 0.15) is 42.0 Å². The zero-order valence-corrected chi connectivity index (χ0v) is 28.6. The van der Waals surface area contributed by atoms with Crippen molar-refractivity contribution in [1.29, 1.82) is 0 Å². The lowest BCUT2D eigenvalue weighted by Gasteiger charge is -2.34. The summed E-state index contributed by atoms with van der Waals surface area (Å²) >= 11 is 12.9. The molecule has 0 aliphatic carbocycles. The number of amides is 2. The van der Waals surface area contributed by atoms with Crippen LogP contribution in [0.4, 0.5) is 5.69 Å². The third-order valence-corrected chi connectivity index (χ3v) is 10.4. The molecule has 1 N–H and O–H groups in total. The van der Waals surface area contributed by atoms with Crippen molar-refractivity contribution in [3.8, 4) is 0 Å². The van der Waals surface area contributed by atoms with Crippen LogP contribution < -0.4 is 9.62 Å². The molecule has 4 aromatic carbocycles. The lowest BCUT2D eigenvalue weighted by Crippen LogP contribution is -2.53. The third kappa shape index (κ3) is 8.69. The summed E-state index contributed by atoms with van der Waals surface area (Å²) in [5.41, 5.74) is 3.58. The van der Waals surface area contributed by atoms with Crippen LogP contribution in [0.5, 0.6) is 0 Å². The van der Waals surface area contributed by atoms with Gasteiger partial charge in [-0.3, -0.25) is 13.9 Å². The van der Waals surface area contributed by atoms with Crippen LogP contribution in [0.2, 0.25) is 10.0 Å². The molecular formula is C36H39Cl2N3O4S. The van der Waals surface area contributed by atoms with E-state index in [4.69, 9.17) is 23.2 Å². The van der Waals surface area contributed by atoms with Gasteiger partial charge in [0.2, 0.25) is 11.8 Å². The van der Waals surface area contributed by atoms with Crippen LogP contribution in [0.25, 0.3) is 0 Å². The lowest BCUT2D eigenvalue weighted by molar-refractivity contribution is -0.140. The van der Waals surface area contributed by atoms with E-state index in [0.717, 1.165) is 39.4 Å². The van der Waals surface area contributed by atoms with E-state index in [1.54, 1.807) is 24.3 Å². The minimum Gasteiger partial charge on any atom is -0.354 e. The number of halogens is 2. The molecule has 0 aromatic heterocycles. The molecule has 4 aromatic rings. The molecule has 0 aliphatic heterocycles.